The van der Waals surface area contributed by atoms with E-state index in [0.717, 1.165) is 56.3 Å². The third-order valence-corrected chi connectivity index (χ3v) is 5.62. The van der Waals surface area contributed by atoms with E-state index in [1.54, 1.807) is 0 Å². The number of rotatable bonds is 4. The molecule has 2 aliphatic rings. The van der Waals surface area contributed by atoms with Crippen molar-refractivity contribution in [1.29, 1.82) is 0 Å². The summed E-state index contributed by atoms with van der Waals surface area (Å²) in [4.78, 5) is 4.71. The van der Waals surface area contributed by atoms with Gasteiger partial charge < -0.3 is 14.6 Å². The van der Waals surface area contributed by atoms with Gasteiger partial charge in [0.15, 0.2) is 0 Å². The van der Waals surface area contributed by atoms with Gasteiger partial charge in [0.1, 0.15) is 6.23 Å². The Bertz CT molecular complexity index is 887. The second-order valence-electron chi connectivity index (χ2n) is 7.49. The van der Waals surface area contributed by atoms with Gasteiger partial charge in [-0.1, -0.05) is 0 Å². The summed E-state index contributed by atoms with van der Waals surface area (Å²) in [7, 11) is 0. The topological polar surface area (TPSA) is 56.9 Å². The second-order valence-corrected chi connectivity index (χ2v) is 7.49. The summed E-state index contributed by atoms with van der Waals surface area (Å²) < 4.78 is 10.1. The van der Waals surface area contributed by atoms with E-state index < -0.39 is 0 Å². The molecule has 6 heteroatoms. The fraction of sp³-hybridized carbons (Fsp3) is 0.500. The van der Waals surface area contributed by atoms with Gasteiger partial charge in [0.05, 0.1) is 23.6 Å². The fourth-order valence-corrected chi connectivity index (χ4v) is 4.11. The lowest BCUT2D eigenvalue weighted by molar-refractivity contribution is -0.0394. The number of nitrogens with one attached hydrogen (secondary N) is 1. The van der Waals surface area contributed by atoms with E-state index in [9.17, 15) is 0 Å². The Morgan fingerprint density at radius 3 is 3.08 bits per heavy atom. The highest BCUT2D eigenvalue weighted by Crippen LogP contribution is 2.27. The highest BCUT2D eigenvalue weighted by molar-refractivity contribution is 5.83. The Labute approximate surface area is 153 Å². The Morgan fingerprint density at radius 1 is 1.23 bits per heavy atom. The van der Waals surface area contributed by atoms with Crippen LogP contribution in [0.2, 0.25) is 0 Å². The molecule has 6 nitrogen and oxygen atoms in total. The van der Waals surface area contributed by atoms with Gasteiger partial charge >= 0.3 is 0 Å². The van der Waals surface area contributed by atoms with E-state index in [2.05, 4.69) is 39.5 Å². The molecule has 5 rings (SSSR count). The summed E-state index contributed by atoms with van der Waals surface area (Å²) in [5.74, 6) is 0.721. The monoisotopic (exact) mass is 351 g/mol. The molecule has 0 spiro atoms. The molecule has 1 N–H and O–H groups in total. The van der Waals surface area contributed by atoms with Crippen molar-refractivity contribution in [1.82, 2.24) is 24.6 Å². The van der Waals surface area contributed by atoms with Crippen molar-refractivity contribution in [3.8, 4) is 11.3 Å². The Hall–Kier alpha value is -2.18. The molecule has 3 aromatic rings. The van der Waals surface area contributed by atoms with Gasteiger partial charge in [-0.25, -0.2) is 4.68 Å². The molecule has 26 heavy (non-hydrogen) atoms. The van der Waals surface area contributed by atoms with Crippen LogP contribution in [0, 0.1) is 5.92 Å². The minimum Gasteiger partial charge on any atom is -0.357 e. The molecule has 0 saturated carbocycles. The lowest BCUT2D eigenvalue weighted by Crippen LogP contribution is -2.18. The number of ether oxygens (including phenoxy) is 1. The van der Waals surface area contributed by atoms with E-state index in [0.29, 0.717) is 0 Å². The number of fused-ring (bicyclic) bond motifs is 1. The second kappa shape index (κ2) is 6.85. The fourth-order valence-electron chi connectivity index (χ4n) is 4.11. The average molecular weight is 351 g/mol. The van der Waals surface area contributed by atoms with E-state index in [1.807, 2.05) is 17.1 Å². The Balaban J connectivity index is 1.38. The SMILES string of the molecule is c1nn(C2CCCCO2)cc1-c1cc2ccn(CC3CCNC3)c2cn1. The van der Waals surface area contributed by atoms with Crippen LogP contribution in [0.15, 0.2) is 36.9 Å². The summed E-state index contributed by atoms with van der Waals surface area (Å²) in [5, 5.41) is 9.19. The van der Waals surface area contributed by atoms with Crippen molar-refractivity contribution in [2.45, 2.75) is 38.5 Å². The van der Waals surface area contributed by atoms with Crippen LogP contribution in [0.25, 0.3) is 22.2 Å². The van der Waals surface area contributed by atoms with Gasteiger partial charge in [0.25, 0.3) is 0 Å². The molecular formula is C20H25N5O. The summed E-state index contributed by atoms with van der Waals surface area (Å²) in [6.07, 6.45) is 12.9. The van der Waals surface area contributed by atoms with Crippen molar-refractivity contribution < 1.29 is 4.74 Å². The highest BCUT2D eigenvalue weighted by atomic mass is 16.5. The van der Waals surface area contributed by atoms with Crippen molar-refractivity contribution in [2.24, 2.45) is 5.92 Å². The third kappa shape index (κ3) is 3.04. The van der Waals surface area contributed by atoms with Gasteiger partial charge in [0, 0.05) is 36.5 Å². The molecule has 0 aromatic carbocycles. The quantitative estimate of drug-likeness (QED) is 0.784. The van der Waals surface area contributed by atoms with Crippen LogP contribution in [-0.4, -0.2) is 39.0 Å². The molecule has 0 amide bonds. The standard InChI is InChI=1S/C20H25N5O/c1-2-8-26-20(3-1)25-14-17(11-23-25)18-9-16-5-7-24(19(16)12-22-18)13-15-4-6-21-10-15/h5,7,9,11-12,14-15,20-21H,1-4,6,8,10,13H2. The Morgan fingerprint density at radius 2 is 2.23 bits per heavy atom. The molecule has 5 heterocycles. The summed E-state index contributed by atoms with van der Waals surface area (Å²) in [6.45, 7) is 4.15. The van der Waals surface area contributed by atoms with Gasteiger partial charge in [0.2, 0.25) is 0 Å². The lowest BCUT2D eigenvalue weighted by Gasteiger charge is -2.22. The van der Waals surface area contributed by atoms with E-state index in [4.69, 9.17) is 9.72 Å². The molecule has 3 aromatic heterocycles. The van der Waals surface area contributed by atoms with Crippen molar-refractivity contribution in [3.05, 3.63) is 36.9 Å². The minimum absolute atomic E-state index is 0.0716. The van der Waals surface area contributed by atoms with Crippen LogP contribution < -0.4 is 5.32 Å². The first kappa shape index (κ1) is 16.0. The van der Waals surface area contributed by atoms with Crippen molar-refractivity contribution in [2.75, 3.05) is 19.7 Å². The predicted octanol–water partition coefficient (Wildman–Crippen LogP) is 3.21. The first-order valence-electron chi connectivity index (χ1n) is 9.68. The molecule has 2 aliphatic heterocycles. The maximum atomic E-state index is 5.82. The first-order chi connectivity index (χ1) is 12.9. The molecule has 2 fully saturated rings. The third-order valence-electron chi connectivity index (χ3n) is 5.62. The predicted molar refractivity (Wildman–Crippen MR) is 101 cm³/mol. The van der Waals surface area contributed by atoms with Crippen LogP contribution in [0.3, 0.4) is 0 Å². The molecule has 0 radical (unpaired) electrons. The van der Waals surface area contributed by atoms with Gasteiger partial charge in [-0.15, -0.1) is 0 Å². The molecule has 0 aliphatic carbocycles. The number of aromatic nitrogens is 4. The van der Waals surface area contributed by atoms with Crippen LogP contribution >= 0.6 is 0 Å². The smallest absolute Gasteiger partial charge is 0.150 e. The van der Waals surface area contributed by atoms with Crippen LogP contribution in [0.4, 0.5) is 0 Å². The average Bonchev–Trinajstić information content (AvgIpc) is 3.44. The van der Waals surface area contributed by atoms with Crippen molar-refractivity contribution in [3.63, 3.8) is 0 Å². The van der Waals surface area contributed by atoms with Gasteiger partial charge in [-0.3, -0.25) is 4.98 Å². The van der Waals surface area contributed by atoms with Crippen LogP contribution in [0.1, 0.15) is 31.9 Å². The van der Waals surface area contributed by atoms with E-state index >= 15 is 0 Å². The molecule has 2 saturated heterocycles. The summed E-state index contributed by atoms with van der Waals surface area (Å²) in [5.41, 5.74) is 3.23. The van der Waals surface area contributed by atoms with Crippen LogP contribution in [0.5, 0.6) is 0 Å². The maximum Gasteiger partial charge on any atom is 0.150 e. The summed E-state index contributed by atoms with van der Waals surface area (Å²) in [6, 6.07) is 4.36. The normalized spacial score (nSPS) is 23.7. The largest absolute Gasteiger partial charge is 0.357 e. The summed E-state index contributed by atoms with van der Waals surface area (Å²) >= 11 is 0. The minimum atomic E-state index is 0.0716. The highest BCUT2D eigenvalue weighted by Gasteiger charge is 2.18. The van der Waals surface area contributed by atoms with Gasteiger partial charge in [-0.2, -0.15) is 5.10 Å². The Kier molecular flexibility index (Phi) is 4.22. The number of nitrogens with zero attached hydrogens (tertiary/aromatic N) is 4. The number of pyridine rings is 1. The number of hydrogen-bond donors (Lipinski definition) is 1. The zero-order chi connectivity index (χ0) is 17.3. The first-order valence-corrected chi connectivity index (χ1v) is 9.68. The zero-order valence-corrected chi connectivity index (χ0v) is 15.0. The maximum absolute atomic E-state index is 5.82. The lowest BCUT2D eigenvalue weighted by atomic mass is 10.1. The van der Waals surface area contributed by atoms with Gasteiger partial charge in [-0.05, 0) is 56.8 Å². The van der Waals surface area contributed by atoms with E-state index in [1.165, 1.54) is 23.7 Å². The molecular weight excluding hydrogens is 326 g/mol. The van der Waals surface area contributed by atoms with Crippen molar-refractivity contribution >= 4 is 10.9 Å². The molecule has 2 unspecified atom stereocenters. The molecule has 2 atom stereocenters. The molecule has 136 valence electrons. The van der Waals surface area contributed by atoms with Crippen LogP contribution in [-0.2, 0) is 11.3 Å². The molecule has 0 bridgehead atoms. The zero-order valence-electron chi connectivity index (χ0n) is 15.0. The number of hydrogen-bond acceptors (Lipinski definition) is 4. The van der Waals surface area contributed by atoms with E-state index in [-0.39, 0.29) is 6.23 Å².